The quantitative estimate of drug-likeness (QED) is 0.761. The molecule has 1 N–H and O–H groups in total. The van der Waals surface area contributed by atoms with Crippen molar-refractivity contribution in [2.24, 2.45) is 11.8 Å². The molecule has 1 aromatic rings. The first-order valence-corrected chi connectivity index (χ1v) is 11.6. The summed E-state index contributed by atoms with van der Waals surface area (Å²) >= 11 is 0. The Labute approximate surface area is 167 Å². The molecule has 3 fully saturated rings. The molecule has 4 heterocycles. The monoisotopic (exact) mass is 380 g/mol. The molecule has 0 saturated carbocycles. The van der Waals surface area contributed by atoms with Crippen LogP contribution in [-0.4, -0.2) is 57.6 Å². The SMILES string of the molecule is O=C(c1n[nH]c2c1CCCC2)N1CCCC2=C[C@H]3C[C@@H](CN4CCCC[C@H]34)[C@H]21. The number of carbonyl (C=O) groups is 1. The second-order valence-corrected chi connectivity index (χ2v) is 9.74. The third kappa shape index (κ3) is 2.62. The number of aromatic amines is 1. The number of fused-ring (bicyclic) bond motifs is 7. The van der Waals surface area contributed by atoms with Gasteiger partial charge < -0.3 is 4.90 Å². The largest absolute Gasteiger partial charge is 0.330 e. The molecule has 150 valence electrons. The summed E-state index contributed by atoms with van der Waals surface area (Å²) < 4.78 is 0. The molecule has 0 unspecified atom stereocenters. The Morgan fingerprint density at radius 1 is 1.07 bits per heavy atom. The predicted octanol–water partition coefficient (Wildman–Crippen LogP) is 3.32. The molecular formula is C23H32N4O. The summed E-state index contributed by atoms with van der Waals surface area (Å²) in [5.41, 5.74) is 4.71. The van der Waals surface area contributed by atoms with Gasteiger partial charge in [0, 0.05) is 30.4 Å². The zero-order valence-corrected chi connectivity index (χ0v) is 16.8. The number of piperidine rings is 3. The fraction of sp³-hybridized carbons (Fsp3) is 0.739. The van der Waals surface area contributed by atoms with Crippen molar-refractivity contribution in [1.82, 2.24) is 20.0 Å². The molecule has 5 aliphatic rings. The molecule has 4 atom stereocenters. The minimum Gasteiger partial charge on any atom is -0.330 e. The Morgan fingerprint density at radius 2 is 2.00 bits per heavy atom. The van der Waals surface area contributed by atoms with Gasteiger partial charge in [-0.05, 0) is 76.2 Å². The molecule has 0 radical (unpaired) electrons. The van der Waals surface area contributed by atoms with Crippen LogP contribution in [0.25, 0.3) is 0 Å². The van der Waals surface area contributed by atoms with Gasteiger partial charge in [0.2, 0.25) is 0 Å². The fourth-order valence-corrected chi connectivity index (χ4v) is 7.00. The van der Waals surface area contributed by atoms with E-state index in [2.05, 4.69) is 26.1 Å². The van der Waals surface area contributed by atoms with Crippen LogP contribution >= 0.6 is 0 Å². The van der Waals surface area contributed by atoms with Crippen LogP contribution < -0.4 is 0 Å². The van der Waals surface area contributed by atoms with Gasteiger partial charge in [0.15, 0.2) is 5.69 Å². The third-order valence-electron chi connectivity index (χ3n) is 8.18. The second-order valence-electron chi connectivity index (χ2n) is 9.74. The molecule has 28 heavy (non-hydrogen) atoms. The predicted molar refractivity (Wildman–Crippen MR) is 108 cm³/mol. The van der Waals surface area contributed by atoms with Gasteiger partial charge in [-0.2, -0.15) is 5.10 Å². The molecule has 5 nitrogen and oxygen atoms in total. The number of H-pyrrole nitrogens is 1. The first-order chi connectivity index (χ1) is 13.8. The van der Waals surface area contributed by atoms with Crippen LogP contribution in [0.4, 0.5) is 0 Å². The van der Waals surface area contributed by atoms with Gasteiger partial charge in [-0.15, -0.1) is 0 Å². The summed E-state index contributed by atoms with van der Waals surface area (Å²) in [6, 6.07) is 1.08. The van der Waals surface area contributed by atoms with E-state index in [0.717, 1.165) is 43.5 Å². The molecule has 3 saturated heterocycles. The van der Waals surface area contributed by atoms with Gasteiger partial charge >= 0.3 is 0 Å². The van der Waals surface area contributed by atoms with Crippen molar-refractivity contribution in [2.75, 3.05) is 19.6 Å². The Hall–Kier alpha value is -1.62. The van der Waals surface area contributed by atoms with Crippen molar-refractivity contribution < 1.29 is 4.79 Å². The Morgan fingerprint density at radius 3 is 2.96 bits per heavy atom. The van der Waals surface area contributed by atoms with Crippen molar-refractivity contribution in [3.05, 3.63) is 28.6 Å². The number of aromatic nitrogens is 2. The summed E-state index contributed by atoms with van der Waals surface area (Å²) in [5.74, 6) is 1.52. The lowest BCUT2D eigenvalue weighted by Crippen LogP contribution is -2.60. The molecule has 1 amide bonds. The molecule has 2 aliphatic carbocycles. The summed E-state index contributed by atoms with van der Waals surface area (Å²) in [6.07, 6.45) is 14.7. The average molecular weight is 381 g/mol. The number of aryl methyl sites for hydroxylation is 1. The lowest BCUT2D eigenvalue weighted by Gasteiger charge is -2.54. The summed E-state index contributed by atoms with van der Waals surface area (Å²) in [5, 5.41) is 7.69. The summed E-state index contributed by atoms with van der Waals surface area (Å²) in [6.45, 7) is 3.34. The number of rotatable bonds is 1. The lowest BCUT2D eigenvalue weighted by atomic mass is 9.68. The highest BCUT2D eigenvalue weighted by molar-refractivity contribution is 5.94. The van der Waals surface area contributed by atoms with Crippen molar-refractivity contribution in [1.29, 1.82) is 0 Å². The number of carbonyl (C=O) groups excluding carboxylic acids is 1. The van der Waals surface area contributed by atoms with Crippen molar-refractivity contribution in [2.45, 2.75) is 76.3 Å². The molecule has 6 rings (SSSR count). The molecular weight excluding hydrogens is 348 g/mol. The van der Waals surface area contributed by atoms with E-state index in [9.17, 15) is 4.79 Å². The van der Waals surface area contributed by atoms with E-state index in [1.807, 2.05) is 0 Å². The number of nitrogens with one attached hydrogen (secondary N) is 1. The van der Waals surface area contributed by atoms with Gasteiger partial charge in [0.25, 0.3) is 5.91 Å². The maximum absolute atomic E-state index is 13.6. The summed E-state index contributed by atoms with van der Waals surface area (Å²) in [7, 11) is 0. The van der Waals surface area contributed by atoms with Crippen LogP contribution in [0, 0.1) is 11.8 Å². The number of amides is 1. The number of likely N-dealkylation sites (tertiary alicyclic amines) is 1. The highest BCUT2D eigenvalue weighted by Gasteiger charge is 2.47. The summed E-state index contributed by atoms with van der Waals surface area (Å²) in [4.78, 5) is 18.6. The van der Waals surface area contributed by atoms with Crippen molar-refractivity contribution in [3.63, 3.8) is 0 Å². The van der Waals surface area contributed by atoms with Gasteiger partial charge in [0.05, 0.1) is 6.04 Å². The maximum atomic E-state index is 13.6. The molecule has 2 bridgehead atoms. The van der Waals surface area contributed by atoms with Gasteiger partial charge in [-0.1, -0.05) is 18.1 Å². The van der Waals surface area contributed by atoms with Crippen LogP contribution in [0.15, 0.2) is 11.6 Å². The number of nitrogens with zero attached hydrogens (tertiary/aromatic N) is 3. The zero-order valence-electron chi connectivity index (χ0n) is 16.8. The number of hydrogen-bond donors (Lipinski definition) is 1. The van der Waals surface area contributed by atoms with Crippen LogP contribution in [0.5, 0.6) is 0 Å². The zero-order chi connectivity index (χ0) is 18.7. The maximum Gasteiger partial charge on any atom is 0.275 e. The first-order valence-electron chi connectivity index (χ1n) is 11.6. The second kappa shape index (κ2) is 6.72. The van der Waals surface area contributed by atoms with Gasteiger partial charge in [0.1, 0.15) is 0 Å². The Balaban J connectivity index is 1.32. The third-order valence-corrected chi connectivity index (χ3v) is 8.18. The molecule has 1 aromatic heterocycles. The number of hydrogen-bond acceptors (Lipinski definition) is 3. The fourth-order valence-electron chi connectivity index (χ4n) is 7.00. The van der Waals surface area contributed by atoms with E-state index in [1.165, 1.54) is 69.3 Å². The molecule has 0 spiro atoms. The van der Waals surface area contributed by atoms with E-state index in [1.54, 1.807) is 5.57 Å². The van der Waals surface area contributed by atoms with Crippen molar-refractivity contribution >= 4 is 5.91 Å². The minimum absolute atomic E-state index is 0.189. The Kier molecular flexibility index (Phi) is 4.14. The molecule has 0 aromatic carbocycles. The van der Waals surface area contributed by atoms with E-state index >= 15 is 0 Å². The normalized spacial score (nSPS) is 34.9. The van der Waals surface area contributed by atoms with Crippen LogP contribution in [0.1, 0.15) is 73.1 Å². The first kappa shape index (κ1) is 17.3. The molecule has 3 aliphatic heterocycles. The highest BCUT2D eigenvalue weighted by atomic mass is 16.2. The van der Waals surface area contributed by atoms with E-state index in [4.69, 9.17) is 0 Å². The van der Waals surface area contributed by atoms with Gasteiger partial charge in [-0.3, -0.25) is 14.8 Å². The van der Waals surface area contributed by atoms with Crippen LogP contribution in [0.3, 0.4) is 0 Å². The van der Waals surface area contributed by atoms with E-state index in [0.29, 0.717) is 12.0 Å². The topological polar surface area (TPSA) is 52.2 Å². The minimum atomic E-state index is 0.189. The smallest absolute Gasteiger partial charge is 0.275 e. The van der Waals surface area contributed by atoms with Crippen molar-refractivity contribution in [3.8, 4) is 0 Å². The van der Waals surface area contributed by atoms with E-state index < -0.39 is 0 Å². The lowest BCUT2D eigenvalue weighted by molar-refractivity contribution is 0.00128. The molecule has 5 heteroatoms. The van der Waals surface area contributed by atoms with Crippen LogP contribution in [0.2, 0.25) is 0 Å². The average Bonchev–Trinajstić information content (AvgIpc) is 3.17. The van der Waals surface area contributed by atoms with E-state index in [-0.39, 0.29) is 5.91 Å². The van der Waals surface area contributed by atoms with Crippen LogP contribution in [-0.2, 0) is 12.8 Å². The van der Waals surface area contributed by atoms with Gasteiger partial charge in [-0.25, -0.2) is 0 Å². The Bertz CT molecular complexity index is 812. The standard InChI is InChI=1S/C23H32N4O/c28-23(21-18-7-1-2-8-19(18)24-25-21)27-11-5-6-15-12-16-13-17(22(15)27)14-26-10-4-3-9-20(16)26/h12,16-17,20,22H,1-11,13-14H2,(H,24,25)/t16-,17-,20+,22-/m0/s1. The highest BCUT2D eigenvalue weighted by Crippen LogP contribution is 2.45.